The first-order chi connectivity index (χ1) is 10.3. The molecule has 0 aliphatic carbocycles. The number of hydrogen-bond donors (Lipinski definition) is 1. The summed E-state index contributed by atoms with van der Waals surface area (Å²) in [4.78, 5) is 14.6. The molecule has 1 N–H and O–H groups in total. The van der Waals surface area contributed by atoms with Crippen molar-refractivity contribution >= 4 is 5.78 Å². The van der Waals surface area contributed by atoms with Crippen LogP contribution in [0.3, 0.4) is 0 Å². The van der Waals surface area contributed by atoms with E-state index in [2.05, 4.69) is 10.2 Å². The molecule has 0 bridgehead atoms. The van der Waals surface area contributed by atoms with Gasteiger partial charge in [0.2, 0.25) is 0 Å². The maximum Gasteiger partial charge on any atom is 0.180 e. The topological polar surface area (TPSA) is 41.6 Å². The first-order valence-electron chi connectivity index (χ1n) is 7.90. The van der Waals surface area contributed by atoms with Gasteiger partial charge in [-0.3, -0.25) is 4.79 Å². The van der Waals surface area contributed by atoms with Gasteiger partial charge in [-0.1, -0.05) is 12.1 Å². The van der Waals surface area contributed by atoms with E-state index in [4.69, 9.17) is 4.74 Å². The van der Waals surface area contributed by atoms with Crippen LogP contribution < -0.4 is 10.1 Å². The van der Waals surface area contributed by atoms with E-state index in [0.717, 1.165) is 13.0 Å². The smallest absolute Gasteiger partial charge is 0.180 e. The largest absolute Gasteiger partial charge is 0.496 e. The number of hydrogen-bond acceptors (Lipinski definition) is 4. The molecule has 1 aliphatic rings. The monoisotopic (exact) mass is 290 g/mol. The van der Waals surface area contributed by atoms with Crippen LogP contribution in [0.2, 0.25) is 0 Å². The van der Waals surface area contributed by atoms with Gasteiger partial charge in [-0.05, 0) is 64.0 Å². The Morgan fingerprint density at radius 3 is 2.76 bits per heavy atom. The SMILES string of the molecule is COc1ccccc1C(=O)CNCCCCN1CCCC1. The van der Waals surface area contributed by atoms with Crippen molar-refractivity contribution in [3.05, 3.63) is 29.8 Å². The van der Waals surface area contributed by atoms with Crippen LogP contribution >= 0.6 is 0 Å². The molecule has 0 amide bonds. The lowest BCUT2D eigenvalue weighted by atomic mass is 10.1. The number of para-hydroxylation sites is 1. The van der Waals surface area contributed by atoms with E-state index in [-0.39, 0.29) is 5.78 Å². The fourth-order valence-electron chi connectivity index (χ4n) is 2.76. The second-order valence-corrected chi connectivity index (χ2v) is 5.56. The van der Waals surface area contributed by atoms with Crippen molar-refractivity contribution in [3.63, 3.8) is 0 Å². The fourth-order valence-corrected chi connectivity index (χ4v) is 2.76. The molecular formula is C17H26N2O2. The Morgan fingerprint density at radius 2 is 2.00 bits per heavy atom. The molecule has 0 aromatic heterocycles. The molecule has 0 radical (unpaired) electrons. The van der Waals surface area contributed by atoms with Gasteiger partial charge in [0, 0.05) is 0 Å². The predicted molar refractivity (Wildman–Crippen MR) is 85.1 cm³/mol. The number of likely N-dealkylation sites (tertiary alicyclic amines) is 1. The number of benzene rings is 1. The first kappa shape index (κ1) is 16.0. The highest BCUT2D eigenvalue weighted by atomic mass is 16.5. The second kappa shape index (κ2) is 8.80. The lowest BCUT2D eigenvalue weighted by Crippen LogP contribution is -2.26. The quantitative estimate of drug-likeness (QED) is 0.560. The summed E-state index contributed by atoms with van der Waals surface area (Å²) in [7, 11) is 1.60. The summed E-state index contributed by atoms with van der Waals surface area (Å²) in [5.74, 6) is 0.741. The van der Waals surface area contributed by atoms with Crippen molar-refractivity contribution in [2.45, 2.75) is 25.7 Å². The minimum absolute atomic E-state index is 0.0898. The number of nitrogens with zero attached hydrogens (tertiary/aromatic N) is 1. The van der Waals surface area contributed by atoms with Crippen LogP contribution in [0.15, 0.2) is 24.3 Å². The molecule has 4 nitrogen and oxygen atoms in total. The highest BCUT2D eigenvalue weighted by Gasteiger charge is 2.11. The van der Waals surface area contributed by atoms with Gasteiger partial charge in [-0.25, -0.2) is 0 Å². The molecule has 0 atom stereocenters. The Bertz CT molecular complexity index is 442. The Labute approximate surface area is 127 Å². The van der Waals surface area contributed by atoms with E-state index in [9.17, 15) is 4.79 Å². The van der Waals surface area contributed by atoms with Gasteiger partial charge >= 0.3 is 0 Å². The molecular weight excluding hydrogens is 264 g/mol. The van der Waals surface area contributed by atoms with E-state index in [1.54, 1.807) is 7.11 Å². The molecule has 1 heterocycles. The number of ether oxygens (including phenoxy) is 1. The summed E-state index contributed by atoms with van der Waals surface area (Å²) < 4.78 is 5.21. The second-order valence-electron chi connectivity index (χ2n) is 5.56. The van der Waals surface area contributed by atoms with E-state index < -0.39 is 0 Å². The van der Waals surface area contributed by atoms with Crippen molar-refractivity contribution in [1.29, 1.82) is 0 Å². The van der Waals surface area contributed by atoms with Crippen LogP contribution in [-0.4, -0.2) is 50.5 Å². The molecule has 2 rings (SSSR count). The van der Waals surface area contributed by atoms with Gasteiger partial charge in [0.1, 0.15) is 5.75 Å². The van der Waals surface area contributed by atoms with Crippen molar-refractivity contribution in [2.75, 3.05) is 39.8 Å². The van der Waals surface area contributed by atoms with Gasteiger partial charge in [0.05, 0.1) is 19.2 Å². The van der Waals surface area contributed by atoms with Gasteiger partial charge in [-0.15, -0.1) is 0 Å². The third kappa shape index (κ3) is 5.14. The molecule has 0 saturated carbocycles. The molecule has 1 aromatic rings. The molecule has 1 fully saturated rings. The summed E-state index contributed by atoms with van der Waals surface area (Å²) in [5, 5.41) is 3.24. The summed E-state index contributed by atoms with van der Waals surface area (Å²) in [6.45, 7) is 5.00. The number of Topliss-reactive ketones (excluding diaryl/α,β-unsaturated/α-hetero) is 1. The molecule has 0 spiro atoms. The number of carbonyl (C=O) groups excluding carboxylic acids is 1. The number of nitrogens with one attached hydrogen (secondary N) is 1. The van der Waals surface area contributed by atoms with Crippen LogP contribution in [0.1, 0.15) is 36.0 Å². The molecule has 116 valence electrons. The summed E-state index contributed by atoms with van der Waals surface area (Å²) in [6.07, 6.45) is 5.03. The predicted octanol–water partition coefficient (Wildman–Crippen LogP) is 2.34. The summed E-state index contributed by atoms with van der Waals surface area (Å²) >= 11 is 0. The zero-order chi connectivity index (χ0) is 14.9. The van der Waals surface area contributed by atoms with Crippen molar-refractivity contribution in [3.8, 4) is 5.75 Å². The zero-order valence-electron chi connectivity index (χ0n) is 12.9. The van der Waals surface area contributed by atoms with E-state index in [1.807, 2.05) is 24.3 Å². The minimum Gasteiger partial charge on any atom is -0.496 e. The molecule has 4 heteroatoms. The average Bonchev–Trinajstić information content (AvgIpc) is 3.03. The third-order valence-electron chi connectivity index (χ3n) is 3.97. The van der Waals surface area contributed by atoms with E-state index >= 15 is 0 Å². The maximum atomic E-state index is 12.1. The maximum absolute atomic E-state index is 12.1. The Hall–Kier alpha value is -1.39. The van der Waals surface area contributed by atoms with Crippen LogP contribution in [0.25, 0.3) is 0 Å². The standard InChI is InChI=1S/C17H26N2O2/c1-21-17-9-3-2-8-15(17)16(20)14-18-10-4-5-11-19-12-6-7-13-19/h2-3,8-9,18H,4-7,10-14H2,1H3. The van der Waals surface area contributed by atoms with Crippen LogP contribution in [0.4, 0.5) is 0 Å². The third-order valence-corrected chi connectivity index (χ3v) is 3.97. The zero-order valence-corrected chi connectivity index (χ0v) is 12.9. The first-order valence-corrected chi connectivity index (χ1v) is 7.90. The lowest BCUT2D eigenvalue weighted by Gasteiger charge is -2.14. The number of methoxy groups -OCH3 is 1. The van der Waals surface area contributed by atoms with Gasteiger partial charge in [0.15, 0.2) is 5.78 Å². The molecule has 0 unspecified atom stereocenters. The normalized spacial score (nSPS) is 15.3. The van der Waals surface area contributed by atoms with Crippen LogP contribution in [0.5, 0.6) is 5.75 Å². The van der Waals surface area contributed by atoms with Crippen LogP contribution in [0, 0.1) is 0 Å². The minimum atomic E-state index is 0.0898. The highest BCUT2D eigenvalue weighted by Crippen LogP contribution is 2.17. The summed E-state index contributed by atoms with van der Waals surface area (Å²) in [5.41, 5.74) is 0.657. The Morgan fingerprint density at radius 1 is 1.24 bits per heavy atom. The van der Waals surface area contributed by atoms with E-state index in [0.29, 0.717) is 17.9 Å². The van der Waals surface area contributed by atoms with Gasteiger partial charge in [-0.2, -0.15) is 0 Å². The Balaban J connectivity index is 1.60. The van der Waals surface area contributed by atoms with Crippen molar-refractivity contribution < 1.29 is 9.53 Å². The highest BCUT2D eigenvalue weighted by molar-refractivity contribution is 6.00. The molecule has 1 saturated heterocycles. The van der Waals surface area contributed by atoms with Crippen LogP contribution in [-0.2, 0) is 0 Å². The summed E-state index contributed by atoms with van der Waals surface area (Å²) in [6, 6.07) is 7.38. The number of ketones is 1. The van der Waals surface area contributed by atoms with Gasteiger partial charge < -0.3 is 15.0 Å². The molecule has 1 aromatic carbocycles. The molecule has 1 aliphatic heterocycles. The van der Waals surface area contributed by atoms with E-state index in [1.165, 1.54) is 38.9 Å². The lowest BCUT2D eigenvalue weighted by molar-refractivity contribution is 0.0988. The number of carbonyl (C=O) groups is 1. The molecule has 21 heavy (non-hydrogen) atoms. The number of unbranched alkanes of at least 4 members (excludes halogenated alkanes) is 1. The van der Waals surface area contributed by atoms with Crippen molar-refractivity contribution in [1.82, 2.24) is 10.2 Å². The Kier molecular flexibility index (Phi) is 6.70. The average molecular weight is 290 g/mol. The fraction of sp³-hybridized carbons (Fsp3) is 0.588. The number of rotatable bonds is 9. The van der Waals surface area contributed by atoms with Crippen molar-refractivity contribution in [2.24, 2.45) is 0 Å². The van der Waals surface area contributed by atoms with Gasteiger partial charge in [0.25, 0.3) is 0 Å².